The van der Waals surface area contributed by atoms with E-state index in [0.29, 0.717) is 48.0 Å². The van der Waals surface area contributed by atoms with Crippen molar-refractivity contribution in [3.8, 4) is 0 Å². The first-order valence-corrected chi connectivity index (χ1v) is 13.6. The maximum atomic E-state index is 13.8. The monoisotopic (exact) mass is 566 g/mol. The number of amides is 1. The van der Waals surface area contributed by atoms with E-state index in [0.717, 1.165) is 24.4 Å². The zero-order valence-corrected chi connectivity index (χ0v) is 23.3. The Labute approximate surface area is 235 Å². The average Bonchev–Trinajstić information content (AvgIpc) is 3.60. The number of nitrogens with zero attached hydrogens (tertiary/aromatic N) is 6. The third-order valence-electron chi connectivity index (χ3n) is 7.15. The van der Waals surface area contributed by atoms with Crippen molar-refractivity contribution in [1.82, 2.24) is 34.8 Å². The zero-order chi connectivity index (χ0) is 29.4. The molecule has 0 bridgehead atoms. The molecule has 2 N–H and O–H groups in total. The number of fused-ring (bicyclic) bond motifs is 2. The van der Waals surface area contributed by atoms with Crippen molar-refractivity contribution in [3.05, 3.63) is 72.3 Å². The molecule has 12 heteroatoms. The Morgan fingerprint density at radius 2 is 1.98 bits per heavy atom. The van der Waals surface area contributed by atoms with Crippen LogP contribution in [0.3, 0.4) is 0 Å². The lowest BCUT2D eigenvalue weighted by molar-refractivity contribution is -0.0688. The highest BCUT2D eigenvalue weighted by Crippen LogP contribution is 2.37. The van der Waals surface area contributed by atoms with E-state index < -0.39 is 11.7 Å². The molecule has 41 heavy (non-hydrogen) atoms. The Morgan fingerprint density at radius 3 is 2.71 bits per heavy atom. The number of nitrogens with one attached hydrogen (secondary N) is 2. The maximum absolute atomic E-state index is 13.8. The number of allylic oxidation sites excluding steroid dienone is 1. The molecule has 0 fully saturated rings. The molecule has 0 aliphatic carbocycles. The van der Waals surface area contributed by atoms with Crippen LogP contribution >= 0.6 is 0 Å². The minimum atomic E-state index is -4.62. The van der Waals surface area contributed by atoms with Crippen LogP contribution in [0.5, 0.6) is 0 Å². The van der Waals surface area contributed by atoms with Crippen LogP contribution in [0, 0.1) is 0 Å². The van der Waals surface area contributed by atoms with Crippen LogP contribution in [0.4, 0.5) is 18.9 Å². The third-order valence-corrected chi connectivity index (χ3v) is 7.15. The molecule has 0 saturated heterocycles. The molecular weight excluding hydrogens is 533 g/mol. The molecule has 1 aromatic carbocycles. The van der Waals surface area contributed by atoms with Crippen LogP contribution in [0.15, 0.2) is 49.6 Å². The van der Waals surface area contributed by atoms with Crippen LogP contribution in [0.2, 0.25) is 0 Å². The number of hydrogen-bond acceptors (Lipinski definition) is 6. The lowest BCUT2D eigenvalue weighted by Gasteiger charge is -2.25. The number of hydrogen-bond donors (Lipinski definition) is 2. The number of halogens is 3. The van der Waals surface area contributed by atoms with E-state index in [4.69, 9.17) is 0 Å². The molecule has 1 unspecified atom stereocenters. The Hall–Kier alpha value is -4.22. The van der Waals surface area contributed by atoms with Crippen molar-refractivity contribution in [2.24, 2.45) is 0 Å². The number of benzene rings is 1. The quantitative estimate of drug-likeness (QED) is 0.286. The van der Waals surface area contributed by atoms with Crippen molar-refractivity contribution in [1.29, 1.82) is 0 Å². The molecule has 9 nitrogen and oxygen atoms in total. The Bertz CT molecular complexity index is 1580. The van der Waals surface area contributed by atoms with E-state index in [-0.39, 0.29) is 23.2 Å². The van der Waals surface area contributed by atoms with Gasteiger partial charge in [0.15, 0.2) is 0 Å². The van der Waals surface area contributed by atoms with Crippen LogP contribution in [0.25, 0.3) is 16.3 Å². The minimum absolute atomic E-state index is 0.0403. The summed E-state index contributed by atoms with van der Waals surface area (Å²) in [6, 6.07) is 7.08. The SMILES string of the molecule is C=C(c1nc(CCCNC(=O)c2cnn(C(C)(C)C)c2)cc2c(NC3CCc4ncnn4C3)cccc12)C(F)(F)F. The van der Waals surface area contributed by atoms with Gasteiger partial charge in [0.25, 0.3) is 5.91 Å². The summed E-state index contributed by atoms with van der Waals surface area (Å²) in [5.74, 6) is 0.666. The van der Waals surface area contributed by atoms with Crippen molar-refractivity contribution < 1.29 is 18.0 Å². The van der Waals surface area contributed by atoms with Crippen molar-refractivity contribution in [2.75, 3.05) is 11.9 Å². The van der Waals surface area contributed by atoms with Gasteiger partial charge in [0.05, 0.1) is 35.1 Å². The summed E-state index contributed by atoms with van der Waals surface area (Å²) in [5, 5.41) is 15.9. The molecule has 4 heterocycles. The molecule has 216 valence electrons. The number of anilines is 1. The number of aromatic nitrogens is 6. The minimum Gasteiger partial charge on any atom is -0.380 e. The van der Waals surface area contributed by atoms with E-state index in [1.165, 1.54) is 12.5 Å². The van der Waals surface area contributed by atoms with Gasteiger partial charge >= 0.3 is 6.18 Å². The number of rotatable bonds is 8. The van der Waals surface area contributed by atoms with Gasteiger partial charge in [-0.3, -0.25) is 14.5 Å². The number of aryl methyl sites for hydroxylation is 2. The number of pyridine rings is 1. The van der Waals surface area contributed by atoms with Gasteiger partial charge in [-0.05, 0) is 52.2 Å². The first-order valence-electron chi connectivity index (χ1n) is 13.6. The smallest absolute Gasteiger partial charge is 0.380 e. The normalized spacial score (nSPS) is 15.5. The topological polar surface area (TPSA) is 103 Å². The van der Waals surface area contributed by atoms with E-state index in [1.54, 1.807) is 23.0 Å². The second-order valence-corrected chi connectivity index (χ2v) is 11.3. The van der Waals surface area contributed by atoms with Gasteiger partial charge in [0.2, 0.25) is 0 Å². The molecule has 1 aliphatic heterocycles. The third kappa shape index (κ3) is 6.26. The van der Waals surface area contributed by atoms with Gasteiger partial charge in [-0.1, -0.05) is 18.7 Å². The Morgan fingerprint density at radius 1 is 1.17 bits per heavy atom. The van der Waals surface area contributed by atoms with Gasteiger partial charge < -0.3 is 10.6 Å². The van der Waals surface area contributed by atoms with Gasteiger partial charge in [-0.15, -0.1) is 0 Å². The summed E-state index contributed by atoms with van der Waals surface area (Å²) in [6.07, 6.45) is 2.56. The molecule has 4 aromatic rings. The highest BCUT2D eigenvalue weighted by Gasteiger charge is 2.35. The summed E-state index contributed by atoms with van der Waals surface area (Å²) in [7, 11) is 0. The summed E-state index contributed by atoms with van der Waals surface area (Å²) < 4.78 is 44.9. The molecule has 3 aromatic heterocycles. The molecule has 1 amide bonds. The lowest BCUT2D eigenvalue weighted by atomic mass is 10.00. The van der Waals surface area contributed by atoms with Gasteiger partial charge in [0, 0.05) is 47.4 Å². The predicted molar refractivity (Wildman–Crippen MR) is 150 cm³/mol. The van der Waals surface area contributed by atoms with E-state index in [1.807, 2.05) is 37.6 Å². The van der Waals surface area contributed by atoms with Crippen LogP contribution in [-0.4, -0.2) is 54.2 Å². The first-order chi connectivity index (χ1) is 19.4. The van der Waals surface area contributed by atoms with E-state index in [2.05, 4.69) is 37.4 Å². The van der Waals surface area contributed by atoms with Gasteiger partial charge in [0.1, 0.15) is 12.2 Å². The Balaban J connectivity index is 1.34. The fraction of sp³-hybridized carbons (Fsp3) is 0.414. The molecule has 5 rings (SSSR count). The maximum Gasteiger partial charge on any atom is 0.417 e. The lowest BCUT2D eigenvalue weighted by Crippen LogP contribution is -2.32. The summed E-state index contributed by atoms with van der Waals surface area (Å²) in [5.41, 5.74) is 0.237. The van der Waals surface area contributed by atoms with Crippen LogP contribution < -0.4 is 10.6 Å². The predicted octanol–water partition coefficient (Wildman–Crippen LogP) is 5.14. The number of alkyl halides is 3. The summed E-state index contributed by atoms with van der Waals surface area (Å²) in [6.45, 7) is 10.2. The largest absolute Gasteiger partial charge is 0.417 e. The second-order valence-electron chi connectivity index (χ2n) is 11.3. The van der Waals surface area contributed by atoms with Crippen molar-refractivity contribution in [2.45, 2.75) is 70.8 Å². The van der Waals surface area contributed by atoms with Gasteiger partial charge in [-0.25, -0.2) is 9.67 Å². The fourth-order valence-electron chi connectivity index (χ4n) is 4.90. The van der Waals surface area contributed by atoms with Crippen LogP contribution in [-0.2, 0) is 24.9 Å². The summed E-state index contributed by atoms with van der Waals surface area (Å²) >= 11 is 0. The molecule has 1 atom stereocenters. The highest BCUT2D eigenvalue weighted by molar-refractivity contribution is 6.00. The molecular formula is C29H33F3N8O. The summed E-state index contributed by atoms with van der Waals surface area (Å²) in [4.78, 5) is 21.2. The number of carbonyl (C=O) groups excluding carboxylic acids is 1. The average molecular weight is 567 g/mol. The van der Waals surface area contributed by atoms with Crippen molar-refractivity contribution >= 4 is 27.9 Å². The molecule has 0 saturated carbocycles. The zero-order valence-electron chi connectivity index (χ0n) is 23.3. The van der Waals surface area contributed by atoms with Crippen molar-refractivity contribution in [3.63, 3.8) is 0 Å². The highest BCUT2D eigenvalue weighted by atomic mass is 19.4. The second kappa shape index (κ2) is 11.0. The number of carbonyl (C=O) groups is 1. The van der Waals surface area contributed by atoms with Crippen LogP contribution in [0.1, 0.15) is 61.2 Å². The Kier molecular flexibility index (Phi) is 7.58. The van der Waals surface area contributed by atoms with Gasteiger partial charge in [-0.2, -0.15) is 23.4 Å². The molecule has 0 radical (unpaired) electrons. The molecule has 0 spiro atoms. The fourth-order valence-corrected chi connectivity index (χ4v) is 4.90. The standard InChI is InChI=1S/C29H33F3N8O/c1-18(29(30,31)32)26-22-8-5-9-24(37-21-10-11-25-34-17-36-39(25)16-21)23(22)13-20(38-26)7-6-12-33-27(41)19-14-35-40(15-19)28(2,3)4/h5,8-9,13-15,17,21,37H,1,6-7,10-12,16H2,2-4H3,(H,33,41). The molecule has 1 aliphatic rings. The van der Waals surface area contributed by atoms with E-state index in [9.17, 15) is 18.0 Å². The van der Waals surface area contributed by atoms with E-state index >= 15 is 0 Å². The first kappa shape index (κ1) is 28.3.